The van der Waals surface area contributed by atoms with Crippen LogP contribution >= 0.6 is 0 Å². The van der Waals surface area contributed by atoms with Crippen LogP contribution in [0.4, 0.5) is 0 Å². The molecule has 1 aliphatic heterocycles. The van der Waals surface area contributed by atoms with Gasteiger partial charge in [-0.15, -0.1) is 0 Å². The van der Waals surface area contributed by atoms with Gasteiger partial charge in [0.15, 0.2) is 0 Å². The van der Waals surface area contributed by atoms with E-state index in [-0.39, 0.29) is 10.8 Å². The second-order valence-corrected chi connectivity index (χ2v) is 9.87. The van der Waals surface area contributed by atoms with Crippen LogP contribution < -0.4 is 5.32 Å². The van der Waals surface area contributed by atoms with Crippen molar-refractivity contribution in [3.63, 3.8) is 0 Å². The van der Waals surface area contributed by atoms with E-state index in [1.807, 2.05) is 6.92 Å². The van der Waals surface area contributed by atoms with Crippen molar-refractivity contribution in [1.82, 2.24) is 9.62 Å². The minimum atomic E-state index is -3.57. The fourth-order valence-electron chi connectivity index (χ4n) is 3.94. The molecule has 1 heterocycles. The van der Waals surface area contributed by atoms with Crippen molar-refractivity contribution in [2.75, 3.05) is 13.1 Å². The Morgan fingerprint density at radius 1 is 0.967 bits per heavy atom. The van der Waals surface area contributed by atoms with Gasteiger partial charge in [0.2, 0.25) is 10.0 Å². The van der Waals surface area contributed by atoms with Crippen molar-refractivity contribution in [2.45, 2.75) is 64.3 Å². The Bertz CT molecular complexity index is 1010. The molecular formula is C24H32N2O3S. The fraction of sp³-hybridized carbons (Fsp3) is 0.458. The predicted molar refractivity (Wildman–Crippen MR) is 120 cm³/mol. The number of nitrogens with one attached hydrogen (secondary N) is 1. The molecule has 1 saturated heterocycles. The molecule has 2 aromatic carbocycles. The Morgan fingerprint density at radius 2 is 1.70 bits per heavy atom. The summed E-state index contributed by atoms with van der Waals surface area (Å²) in [6.07, 6.45) is 4.68. The number of carbonyl (C=O) groups excluding carboxylic acids is 1. The molecule has 1 aliphatic rings. The van der Waals surface area contributed by atoms with Crippen LogP contribution in [0.3, 0.4) is 0 Å². The van der Waals surface area contributed by atoms with E-state index >= 15 is 0 Å². The summed E-state index contributed by atoms with van der Waals surface area (Å²) in [5.74, 6) is -0.243. The van der Waals surface area contributed by atoms with Gasteiger partial charge in [0.25, 0.3) is 5.91 Å². The molecule has 0 bridgehead atoms. The van der Waals surface area contributed by atoms with Gasteiger partial charge >= 0.3 is 0 Å². The van der Waals surface area contributed by atoms with Crippen LogP contribution in [0.25, 0.3) is 0 Å². The maximum absolute atomic E-state index is 13.0. The standard InChI is InChI=1S/C24H32N2O3S/c1-4-19-10-11-20(5-2)21(15-19)17-25-24(27)23-16-22(12-9-18(23)3)30(28,29)26-13-7-6-8-14-26/h9-12,15-16H,4-8,13-14,17H2,1-3H3,(H,25,27). The minimum Gasteiger partial charge on any atom is -0.348 e. The van der Waals surface area contributed by atoms with Gasteiger partial charge in [-0.25, -0.2) is 8.42 Å². The molecule has 0 atom stereocenters. The summed E-state index contributed by atoms with van der Waals surface area (Å²) >= 11 is 0. The normalized spacial score (nSPS) is 15.2. The molecule has 1 amide bonds. The summed E-state index contributed by atoms with van der Waals surface area (Å²) in [4.78, 5) is 13.1. The molecule has 1 N–H and O–H groups in total. The number of hydrogen-bond donors (Lipinski definition) is 1. The van der Waals surface area contributed by atoms with Crippen LogP contribution in [0.5, 0.6) is 0 Å². The van der Waals surface area contributed by atoms with Gasteiger partial charge in [0.05, 0.1) is 4.90 Å². The van der Waals surface area contributed by atoms with E-state index in [0.717, 1.165) is 43.2 Å². The van der Waals surface area contributed by atoms with Crippen LogP contribution in [0.1, 0.15) is 65.7 Å². The number of nitrogens with zero attached hydrogens (tertiary/aromatic N) is 1. The fourth-order valence-corrected chi connectivity index (χ4v) is 5.48. The zero-order chi connectivity index (χ0) is 21.7. The summed E-state index contributed by atoms with van der Waals surface area (Å²) in [6.45, 7) is 7.57. The summed E-state index contributed by atoms with van der Waals surface area (Å²) in [5, 5.41) is 2.99. The van der Waals surface area contributed by atoms with E-state index in [4.69, 9.17) is 0 Å². The van der Waals surface area contributed by atoms with E-state index in [9.17, 15) is 13.2 Å². The van der Waals surface area contributed by atoms with Gasteiger partial charge in [-0.2, -0.15) is 4.31 Å². The number of piperidine rings is 1. The van der Waals surface area contributed by atoms with Crippen LogP contribution in [0.15, 0.2) is 41.3 Å². The molecule has 0 radical (unpaired) electrons. The second kappa shape index (κ2) is 9.75. The van der Waals surface area contributed by atoms with E-state index in [1.54, 1.807) is 12.1 Å². The number of carbonyl (C=O) groups is 1. The van der Waals surface area contributed by atoms with E-state index in [1.165, 1.54) is 21.5 Å². The SMILES string of the molecule is CCc1ccc(CC)c(CNC(=O)c2cc(S(=O)(=O)N3CCCCC3)ccc2C)c1. The van der Waals surface area contributed by atoms with Gasteiger partial charge in [0.1, 0.15) is 0 Å². The van der Waals surface area contributed by atoms with E-state index in [0.29, 0.717) is 25.2 Å². The van der Waals surface area contributed by atoms with Crippen molar-refractivity contribution in [3.05, 3.63) is 64.2 Å². The Hall–Kier alpha value is -2.18. The highest BCUT2D eigenvalue weighted by Gasteiger charge is 2.27. The Balaban J connectivity index is 1.80. The number of hydrogen-bond acceptors (Lipinski definition) is 3. The van der Waals surface area contributed by atoms with Gasteiger partial charge in [-0.1, -0.05) is 44.5 Å². The van der Waals surface area contributed by atoms with Crippen LogP contribution in [0.2, 0.25) is 0 Å². The lowest BCUT2D eigenvalue weighted by Crippen LogP contribution is -2.35. The smallest absolute Gasteiger partial charge is 0.251 e. The topological polar surface area (TPSA) is 66.5 Å². The van der Waals surface area contributed by atoms with E-state index < -0.39 is 10.0 Å². The highest BCUT2D eigenvalue weighted by molar-refractivity contribution is 7.89. The molecule has 5 nitrogen and oxygen atoms in total. The predicted octanol–water partition coefficient (Wildman–Crippen LogP) is 4.22. The molecule has 0 saturated carbocycles. The number of rotatable bonds is 7. The molecule has 1 fully saturated rings. The van der Waals surface area contributed by atoms with Crippen LogP contribution in [-0.2, 0) is 29.4 Å². The molecule has 2 aromatic rings. The first-order valence-electron chi connectivity index (χ1n) is 10.9. The number of sulfonamides is 1. The molecule has 0 aromatic heterocycles. The van der Waals surface area contributed by atoms with Crippen LogP contribution in [0, 0.1) is 6.92 Å². The van der Waals surface area contributed by atoms with Crippen molar-refractivity contribution < 1.29 is 13.2 Å². The maximum atomic E-state index is 13.0. The van der Waals surface area contributed by atoms with Crippen molar-refractivity contribution >= 4 is 15.9 Å². The zero-order valence-electron chi connectivity index (χ0n) is 18.2. The Morgan fingerprint density at radius 3 is 2.37 bits per heavy atom. The summed E-state index contributed by atoms with van der Waals surface area (Å²) in [6, 6.07) is 11.2. The third-order valence-corrected chi connectivity index (χ3v) is 7.80. The molecule has 30 heavy (non-hydrogen) atoms. The first-order chi connectivity index (χ1) is 14.4. The summed E-state index contributed by atoms with van der Waals surface area (Å²) in [5.41, 5.74) is 4.74. The third-order valence-electron chi connectivity index (χ3n) is 5.91. The summed E-state index contributed by atoms with van der Waals surface area (Å²) in [7, 11) is -3.57. The first-order valence-corrected chi connectivity index (χ1v) is 12.3. The average Bonchev–Trinajstić information content (AvgIpc) is 2.77. The van der Waals surface area contributed by atoms with Crippen molar-refractivity contribution in [1.29, 1.82) is 0 Å². The monoisotopic (exact) mass is 428 g/mol. The lowest BCUT2D eigenvalue weighted by atomic mass is 10.0. The van der Waals surface area contributed by atoms with Crippen LogP contribution in [-0.4, -0.2) is 31.7 Å². The Labute approximate surface area is 180 Å². The molecule has 6 heteroatoms. The molecule has 0 aliphatic carbocycles. The molecule has 3 rings (SSSR count). The largest absolute Gasteiger partial charge is 0.348 e. The summed E-state index contributed by atoms with van der Waals surface area (Å²) < 4.78 is 27.5. The first kappa shape index (κ1) is 22.5. The third kappa shape index (κ3) is 4.93. The number of aryl methyl sites for hydroxylation is 3. The second-order valence-electron chi connectivity index (χ2n) is 7.93. The lowest BCUT2D eigenvalue weighted by Gasteiger charge is -2.26. The quantitative estimate of drug-likeness (QED) is 0.718. The van der Waals surface area contributed by atoms with Gasteiger partial charge < -0.3 is 5.32 Å². The Kier molecular flexibility index (Phi) is 7.32. The average molecular weight is 429 g/mol. The molecule has 0 unspecified atom stereocenters. The maximum Gasteiger partial charge on any atom is 0.251 e. The highest BCUT2D eigenvalue weighted by Crippen LogP contribution is 2.23. The highest BCUT2D eigenvalue weighted by atomic mass is 32.2. The van der Waals surface area contributed by atoms with Crippen molar-refractivity contribution in [3.8, 4) is 0 Å². The number of amides is 1. The molecule has 162 valence electrons. The van der Waals surface area contributed by atoms with Gasteiger partial charge in [0, 0.05) is 25.2 Å². The minimum absolute atomic E-state index is 0.197. The zero-order valence-corrected chi connectivity index (χ0v) is 19.0. The lowest BCUT2D eigenvalue weighted by molar-refractivity contribution is 0.0950. The number of benzene rings is 2. The van der Waals surface area contributed by atoms with Crippen molar-refractivity contribution in [2.24, 2.45) is 0 Å². The van der Waals surface area contributed by atoms with Gasteiger partial charge in [-0.3, -0.25) is 4.79 Å². The molecular weight excluding hydrogens is 396 g/mol. The molecule has 0 spiro atoms. The van der Waals surface area contributed by atoms with E-state index in [2.05, 4.69) is 37.4 Å². The van der Waals surface area contributed by atoms with Gasteiger partial charge in [-0.05, 0) is 67.0 Å².